The minimum atomic E-state index is -4.58. The van der Waals surface area contributed by atoms with Crippen molar-refractivity contribution in [1.29, 1.82) is 0 Å². The van der Waals surface area contributed by atoms with Crippen molar-refractivity contribution in [2.24, 2.45) is 0 Å². The number of fused-ring (bicyclic) bond motifs is 1. The van der Waals surface area contributed by atoms with Crippen molar-refractivity contribution in [3.05, 3.63) is 64.8 Å². The van der Waals surface area contributed by atoms with E-state index < -0.39 is 24.2 Å². The fraction of sp³-hybridized carbons (Fsp3) is 0.273. The van der Waals surface area contributed by atoms with Crippen LogP contribution in [0.25, 0.3) is 0 Å². The van der Waals surface area contributed by atoms with Crippen LogP contribution >= 0.6 is 11.6 Å². The minimum absolute atomic E-state index is 0.0765. The molecule has 7 nitrogen and oxygen atoms in total. The van der Waals surface area contributed by atoms with E-state index in [1.165, 1.54) is 20.3 Å². The summed E-state index contributed by atoms with van der Waals surface area (Å²) in [6.07, 6.45) is -4.90. The van der Waals surface area contributed by atoms with E-state index in [-0.39, 0.29) is 17.9 Å². The Balaban J connectivity index is 1.66. The molecule has 0 spiro atoms. The number of ether oxygens (including phenoxy) is 2. The molecule has 4 rings (SSSR count). The summed E-state index contributed by atoms with van der Waals surface area (Å²) < 4.78 is 53.1. The number of para-hydroxylation sites is 1. The van der Waals surface area contributed by atoms with Crippen LogP contribution in [0.4, 0.5) is 24.7 Å². The second-order valence-corrected chi connectivity index (χ2v) is 7.81. The summed E-state index contributed by atoms with van der Waals surface area (Å²) in [4.78, 5) is 12.7. The molecule has 0 aliphatic carbocycles. The van der Waals surface area contributed by atoms with Crippen LogP contribution in [0, 0.1) is 0 Å². The van der Waals surface area contributed by atoms with Gasteiger partial charge in [-0.15, -0.1) is 0 Å². The highest BCUT2D eigenvalue weighted by Crippen LogP contribution is 2.44. The maximum absolute atomic E-state index is 13.9. The summed E-state index contributed by atoms with van der Waals surface area (Å²) in [7, 11) is 2.93. The van der Waals surface area contributed by atoms with Gasteiger partial charge in [-0.05, 0) is 29.8 Å². The first-order valence-electron chi connectivity index (χ1n) is 9.92. The number of carbonyl (C=O) groups excluding carboxylic acids is 1. The Labute approximate surface area is 192 Å². The lowest BCUT2D eigenvalue weighted by Gasteiger charge is -2.33. The minimum Gasteiger partial charge on any atom is -0.493 e. The number of alkyl halides is 3. The Kier molecular flexibility index (Phi) is 6.11. The summed E-state index contributed by atoms with van der Waals surface area (Å²) in [6, 6.07) is 10.1. The molecule has 1 aliphatic heterocycles. The van der Waals surface area contributed by atoms with Crippen LogP contribution in [0.2, 0.25) is 5.02 Å². The van der Waals surface area contributed by atoms with Crippen molar-refractivity contribution in [3.8, 4) is 11.5 Å². The predicted molar refractivity (Wildman–Crippen MR) is 117 cm³/mol. The first-order valence-corrected chi connectivity index (χ1v) is 10.3. The Bertz CT molecular complexity index is 1180. The van der Waals surface area contributed by atoms with Crippen molar-refractivity contribution in [2.75, 3.05) is 24.9 Å². The molecular weight excluding hydrogens is 461 g/mol. The Morgan fingerprint density at radius 3 is 2.55 bits per heavy atom. The lowest BCUT2D eigenvalue weighted by Crippen LogP contribution is -2.35. The number of hydrogen-bond acceptors (Lipinski definition) is 5. The largest absolute Gasteiger partial charge is 0.493 e. The van der Waals surface area contributed by atoms with E-state index in [2.05, 4.69) is 15.7 Å². The Hall–Kier alpha value is -3.40. The van der Waals surface area contributed by atoms with Gasteiger partial charge < -0.3 is 20.1 Å². The third-order valence-electron chi connectivity index (χ3n) is 5.35. The van der Waals surface area contributed by atoms with Gasteiger partial charge in [0.15, 0.2) is 23.2 Å². The number of amides is 1. The number of nitrogens with zero attached hydrogens (tertiary/aromatic N) is 2. The zero-order chi connectivity index (χ0) is 23.8. The first kappa shape index (κ1) is 22.8. The molecule has 1 amide bonds. The quantitative estimate of drug-likeness (QED) is 0.506. The molecule has 3 aromatic rings. The maximum atomic E-state index is 13.9. The van der Waals surface area contributed by atoms with E-state index in [1.807, 2.05) is 0 Å². The molecule has 0 radical (unpaired) electrons. The van der Waals surface area contributed by atoms with Gasteiger partial charge in [0.25, 0.3) is 5.91 Å². The number of aromatic nitrogens is 2. The highest BCUT2D eigenvalue weighted by Gasteiger charge is 2.47. The third kappa shape index (κ3) is 4.56. The van der Waals surface area contributed by atoms with Crippen molar-refractivity contribution < 1.29 is 27.4 Å². The lowest BCUT2D eigenvalue weighted by molar-refractivity contribution is -0.173. The number of hydrogen-bond donors (Lipinski definition) is 2. The van der Waals surface area contributed by atoms with E-state index in [0.29, 0.717) is 27.8 Å². The van der Waals surface area contributed by atoms with Crippen molar-refractivity contribution in [3.63, 3.8) is 0 Å². The van der Waals surface area contributed by atoms with Gasteiger partial charge in [0.2, 0.25) is 0 Å². The van der Waals surface area contributed by atoms with E-state index in [4.69, 9.17) is 21.1 Å². The smallest absolute Gasteiger partial charge is 0.410 e. The number of carbonyl (C=O) groups is 1. The fourth-order valence-electron chi connectivity index (χ4n) is 3.72. The third-order valence-corrected chi connectivity index (χ3v) is 5.68. The molecule has 2 heterocycles. The molecule has 2 atom stereocenters. The van der Waals surface area contributed by atoms with Gasteiger partial charge in [0.05, 0.1) is 31.0 Å². The summed E-state index contributed by atoms with van der Waals surface area (Å²) >= 11 is 6.05. The van der Waals surface area contributed by atoms with Crippen LogP contribution in [-0.2, 0) is 0 Å². The van der Waals surface area contributed by atoms with Gasteiger partial charge >= 0.3 is 6.18 Å². The van der Waals surface area contributed by atoms with Crippen LogP contribution in [0.3, 0.4) is 0 Å². The normalized spacial score (nSPS) is 17.6. The van der Waals surface area contributed by atoms with E-state index in [1.54, 1.807) is 42.5 Å². The lowest BCUT2D eigenvalue weighted by atomic mass is 9.96. The topological polar surface area (TPSA) is 77.4 Å². The van der Waals surface area contributed by atoms with Gasteiger partial charge in [-0.3, -0.25) is 4.79 Å². The number of rotatable bonds is 5. The molecule has 2 aromatic carbocycles. The fourth-order valence-corrected chi connectivity index (χ4v) is 3.90. The van der Waals surface area contributed by atoms with Gasteiger partial charge in [-0.1, -0.05) is 29.8 Å². The van der Waals surface area contributed by atoms with Crippen LogP contribution < -0.4 is 20.1 Å². The number of anilines is 2. The molecule has 33 heavy (non-hydrogen) atoms. The summed E-state index contributed by atoms with van der Waals surface area (Å²) in [5.41, 5.74) is 0.745. The molecule has 0 saturated heterocycles. The summed E-state index contributed by atoms with van der Waals surface area (Å²) in [5, 5.41) is 9.87. The van der Waals surface area contributed by atoms with Crippen LogP contribution in [0.1, 0.15) is 34.6 Å². The Morgan fingerprint density at radius 2 is 1.88 bits per heavy atom. The van der Waals surface area contributed by atoms with Gasteiger partial charge in [-0.2, -0.15) is 18.3 Å². The van der Waals surface area contributed by atoms with Crippen LogP contribution in [-0.4, -0.2) is 36.1 Å². The number of methoxy groups -OCH3 is 2. The molecular formula is C22H20ClF3N4O3. The molecule has 0 bridgehead atoms. The monoisotopic (exact) mass is 480 g/mol. The zero-order valence-corrected chi connectivity index (χ0v) is 18.4. The molecule has 0 fully saturated rings. The molecule has 1 aromatic heterocycles. The van der Waals surface area contributed by atoms with E-state index in [0.717, 1.165) is 4.68 Å². The average Bonchev–Trinajstić information content (AvgIpc) is 3.23. The SMILES string of the molecule is COc1ccc([C@H]2C[C@H](C(F)(F)F)n3nc(C(=O)Nc4ccccc4Cl)cc3N2)cc1OC. The van der Waals surface area contributed by atoms with Crippen LogP contribution in [0.5, 0.6) is 11.5 Å². The van der Waals surface area contributed by atoms with Gasteiger partial charge in [0.1, 0.15) is 5.82 Å². The molecule has 2 N–H and O–H groups in total. The number of benzene rings is 2. The standard InChI is InChI=1S/C22H20ClF3N4O3/c1-32-17-8-7-12(9-18(17)33-2)15-10-19(22(24,25)26)30-20(27-15)11-16(29-30)21(31)28-14-6-4-3-5-13(14)23/h3-9,11,15,19,27H,10H2,1-2H3,(H,28,31)/t15-,19-/m1/s1. The van der Waals surface area contributed by atoms with E-state index >= 15 is 0 Å². The van der Waals surface area contributed by atoms with E-state index in [9.17, 15) is 18.0 Å². The molecule has 174 valence electrons. The zero-order valence-electron chi connectivity index (χ0n) is 17.6. The van der Waals surface area contributed by atoms with Crippen molar-refractivity contribution in [2.45, 2.75) is 24.7 Å². The molecule has 0 unspecified atom stereocenters. The highest BCUT2D eigenvalue weighted by atomic mass is 35.5. The number of nitrogens with one attached hydrogen (secondary N) is 2. The highest BCUT2D eigenvalue weighted by molar-refractivity contribution is 6.33. The molecule has 1 aliphatic rings. The molecule has 11 heteroatoms. The van der Waals surface area contributed by atoms with Gasteiger partial charge in [-0.25, -0.2) is 4.68 Å². The maximum Gasteiger partial charge on any atom is 0.410 e. The van der Waals surface area contributed by atoms with Crippen molar-refractivity contribution in [1.82, 2.24) is 9.78 Å². The van der Waals surface area contributed by atoms with Crippen molar-refractivity contribution >= 4 is 29.0 Å². The predicted octanol–water partition coefficient (Wildman–Crippen LogP) is 5.47. The second-order valence-electron chi connectivity index (χ2n) is 7.40. The average molecular weight is 481 g/mol. The van der Waals surface area contributed by atoms with Gasteiger partial charge in [0, 0.05) is 12.5 Å². The van der Waals surface area contributed by atoms with Crippen LogP contribution in [0.15, 0.2) is 48.5 Å². The Morgan fingerprint density at radius 1 is 1.15 bits per heavy atom. The second kappa shape index (κ2) is 8.86. The summed E-state index contributed by atoms with van der Waals surface area (Å²) in [6.45, 7) is 0. The summed E-state index contributed by atoms with van der Waals surface area (Å²) in [5.74, 6) is 0.273. The number of halogens is 4. The first-order chi connectivity index (χ1) is 15.7. The molecule has 0 saturated carbocycles.